The van der Waals surface area contributed by atoms with Crippen LogP contribution in [0.1, 0.15) is 12.8 Å². The Labute approximate surface area is 105 Å². The van der Waals surface area contributed by atoms with E-state index < -0.39 is 0 Å². The van der Waals surface area contributed by atoms with Gasteiger partial charge in [-0.25, -0.2) is 9.37 Å². The van der Waals surface area contributed by atoms with Crippen molar-refractivity contribution in [1.82, 2.24) is 9.97 Å². The molecule has 1 saturated heterocycles. The van der Waals surface area contributed by atoms with Crippen molar-refractivity contribution in [3.05, 3.63) is 24.0 Å². The quantitative estimate of drug-likeness (QED) is 0.853. The third kappa shape index (κ3) is 2.06. The van der Waals surface area contributed by atoms with E-state index in [9.17, 15) is 4.39 Å². The maximum Gasteiger partial charge on any atom is 0.203 e. The van der Waals surface area contributed by atoms with Crippen LogP contribution < -0.4 is 10.6 Å². The molecule has 0 spiro atoms. The smallest absolute Gasteiger partial charge is 0.203 e. The molecule has 2 aromatic rings. The van der Waals surface area contributed by atoms with E-state index >= 15 is 0 Å². The van der Waals surface area contributed by atoms with Gasteiger partial charge >= 0.3 is 0 Å². The molecule has 0 aliphatic carbocycles. The van der Waals surface area contributed by atoms with Gasteiger partial charge in [0.2, 0.25) is 5.95 Å². The van der Waals surface area contributed by atoms with E-state index in [-0.39, 0.29) is 5.82 Å². The van der Waals surface area contributed by atoms with Crippen LogP contribution in [0.25, 0.3) is 11.0 Å². The highest BCUT2D eigenvalue weighted by atomic mass is 19.1. The molecule has 18 heavy (non-hydrogen) atoms. The molecule has 0 amide bonds. The van der Waals surface area contributed by atoms with Gasteiger partial charge in [-0.3, -0.25) is 0 Å². The summed E-state index contributed by atoms with van der Waals surface area (Å²) < 4.78 is 13.1. The first-order valence-electron chi connectivity index (χ1n) is 6.36. The summed E-state index contributed by atoms with van der Waals surface area (Å²) in [5.74, 6) is 1.12. The highest BCUT2D eigenvalue weighted by Gasteiger charge is 2.21. The largest absolute Gasteiger partial charge is 0.342 e. The molecule has 1 unspecified atom stereocenters. The lowest BCUT2D eigenvalue weighted by atomic mass is 9.99. The zero-order valence-electron chi connectivity index (χ0n) is 10.2. The van der Waals surface area contributed by atoms with Gasteiger partial charge in [0.15, 0.2) is 0 Å². The zero-order chi connectivity index (χ0) is 12.5. The molecular formula is C13H17FN4. The molecular weight excluding hydrogens is 231 g/mol. The molecule has 5 heteroatoms. The van der Waals surface area contributed by atoms with E-state index in [2.05, 4.69) is 14.9 Å². The van der Waals surface area contributed by atoms with Crippen LogP contribution >= 0.6 is 0 Å². The van der Waals surface area contributed by atoms with Gasteiger partial charge in [-0.2, -0.15) is 0 Å². The van der Waals surface area contributed by atoms with Gasteiger partial charge in [0.25, 0.3) is 0 Å². The summed E-state index contributed by atoms with van der Waals surface area (Å²) in [5, 5.41) is 0. The summed E-state index contributed by atoms with van der Waals surface area (Å²) in [5.41, 5.74) is 7.29. The Kier molecular flexibility index (Phi) is 2.91. The summed E-state index contributed by atoms with van der Waals surface area (Å²) in [6.45, 7) is 2.63. The number of piperidine rings is 1. The molecule has 0 radical (unpaired) electrons. The molecule has 1 aliphatic rings. The maximum atomic E-state index is 13.1. The number of imidazole rings is 1. The highest BCUT2D eigenvalue weighted by Crippen LogP contribution is 2.23. The van der Waals surface area contributed by atoms with Crippen LogP contribution in [0.3, 0.4) is 0 Å². The van der Waals surface area contributed by atoms with E-state index in [0.717, 1.165) is 36.5 Å². The van der Waals surface area contributed by atoms with E-state index in [1.165, 1.54) is 18.6 Å². The van der Waals surface area contributed by atoms with Crippen LogP contribution in [0, 0.1) is 11.7 Å². The number of aromatic nitrogens is 2. The van der Waals surface area contributed by atoms with Gasteiger partial charge in [-0.15, -0.1) is 0 Å². The van der Waals surface area contributed by atoms with Crippen molar-refractivity contribution in [1.29, 1.82) is 0 Å². The van der Waals surface area contributed by atoms with Gasteiger partial charge in [-0.1, -0.05) is 0 Å². The fraction of sp³-hybridized carbons (Fsp3) is 0.462. The molecule has 0 saturated carbocycles. The summed E-state index contributed by atoms with van der Waals surface area (Å²) in [6.07, 6.45) is 2.31. The van der Waals surface area contributed by atoms with Crippen molar-refractivity contribution in [2.75, 3.05) is 24.5 Å². The Morgan fingerprint density at radius 2 is 2.39 bits per heavy atom. The second kappa shape index (κ2) is 4.57. The summed E-state index contributed by atoms with van der Waals surface area (Å²) in [4.78, 5) is 9.90. The number of hydrogen-bond donors (Lipinski definition) is 2. The first-order valence-corrected chi connectivity index (χ1v) is 6.36. The molecule has 3 rings (SSSR count). The summed E-state index contributed by atoms with van der Waals surface area (Å²) >= 11 is 0. The van der Waals surface area contributed by atoms with Crippen molar-refractivity contribution >= 4 is 17.0 Å². The highest BCUT2D eigenvalue weighted by molar-refractivity contribution is 5.77. The molecule has 1 aromatic heterocycles. The van der Waals surface area contributed by atoms with Crippen LogP contribution in [-0.2, 0) is 0 Å². The average molecular weight is 248 g/mol. The lowest BCUT2D eigenvalue weighted by Crippen LogP contribution is -2.38. The van der Waals surface area contributed by atoms with Gasteiger partial charge in [0, 0.05) is 13.1 Å². The normalized spacial score (nSPS) is 20.6. The molecule has 1 aromatic carbocycles. The molecule has 1 aliphatic heterocycles. The number of nitrogens with one attached hydrogen (secondary N) is 1. The number of hydrogen-bond acceptors (Lipinski definition) is 3. The SMILES string of the molecule is NCC1CCCN(c2nc3ccc(F)cc3[nH]2)C1. The predicted molar refractivity (Wildman–Crippen MR) is 70.0 cm³/mol. The molecule has 4 nitrogen and oxygen atoms in total. The van der Waals surface area contributed by atoms with Crippen molar-refractivity contribution in [2.24, 2.45) is 11.7 Å². The van der Waals surface area contributed by atoms with Gasteiger partial charge in [0.05, 0.1) is 11.0 Å². The number of halogens is 1. The average Bonchev–Trinajstić information content (AvgIpc) is 2.81. The van der Waals surface area contributed by atoms with Crippen LogP contribution in [0.2, 0.25) is 0 Å². The van der Waals surface area contributed by atoms with Crippen molar-refractivity contribution in [2.45, 2.75) is 12.8 Å². The second-order valence-corrected chi connectivity index (χ2v) is 4.91. The Morgan fingerprint density at radius 3 is 3.22 bits per heavy atom. The Morgan fingerprint density at radius 1 is 1.50 bits per heavy atom. The predicted octanol–water partition coefficient (Wildman–Crippen LogP) is 1.88. The Balaban J connectivity index is 1.89. The van der Waals surface area contributed by atoms with E-state index in [0.29, 0.717) is 12.5 Å². The van der Waals surface area contributed by atoms with Crippen LogP contribution in [0.15, 0.2) is 18.2 Å². The first-order chi connectivity index (χ1) is 8.76. The Hall–Kier alpha value is -1.62. The van der Waals surface area contributed by atoms with Crippen LogP contribution in [0.5, 0.6) is 0 Å². The number of rotatable bonds is 2. The number of nitrogens with zero attached hydrogens (tertiary/aromatic N) is 2. The molecule has 2 heterocycles. The van der Waals surface area contributed by atoms with E-state index in [4.69, 9.17) is 5.73 Å². The molecule has 1 fully saturated rings. The topological polar surface area (TPSA) is 57.9 Å². The lowest BCUT2D eigenvalue weighted by Gasteiger charge is -2.31. The third-order valence-corrected chi connectivity index (χ3v) is 3.58. The molecule has 0 bridgehead atoms. The van der Waals surface area contributed by atoms with E-state index in [1.54, 1.807) is 6.07 Å². The number of benzene rings is 1. The minimum absolute atomic E-state index is 0.240. The van der Waals surface area contributed by atoms with Gasteiger partial charge < -0.3 is 15.6 Å². The fourth-order valence-electron chi connectivity index (χ4n) is 2.57. The van der Waals surface area contributed by atoms with Crippen LogP contribution in [-0.4, -0.2) is 29.6 Å². The standard InChI is InChI=1S/C13H17FN4/c14-10-3-4-11-12(6-10)17-13(16-11)18-5-1-2-9(7-15)8-18/h3-4,6,9H,1-2,5,7-8,15H2,(H,16,17). The van der Waals surface area contributed by atoms with Gasteiger partial charge in [0.1, 0.15) is 5.82 Å². The molecule has 1 atom stereocenters. The Bertz CT molecular complexity index is 551. The summed E-state index contributed by atoms with van der Waals surface area (Å²) in [6, 6.07) is 4.62. The fourth-order valence-corrected chi connectivity index (χ4v) is 2.57. The van der Waals surface area contributed by atoms with Crippen molar-refractivity contribution < 1.29 is 4.39 Å². The van der Waals surface area contributed by atoms with E-state index in [1.807, 2.05) is 0 Å². The first kappa shape index (κ1) is 11.5. The second-order valence-electron chi connectivity index (χ2n) is 4.91. The number of anilines is 1. The zero-order valence-corrected chi connectivity index (χ0v) is 10.2. The summed E-state index contributed by atoms with van der Waals surface area (Å²) in [7, 11) is 0. The minimum atomic E-state index is -0.240. The van der Waals surface area contributed by atoms with Gasteiger partial charge in [-0.05, 0) is 43.5 Å². The number of fused-ring (bicyclic) bond motifs is 1. The maximum absolute atomic E-state index is 13.1. The number of nitrogens with two attached hydrogens (primary N) is 1. The number of aromatic amines is 1. The van der Waals surface area contributed by atoms with Crippen LogP contribution in [0.4, 0.5) is 10.3 Å². The van der Waals surface area contributed by atoms with Crippen molar-refractivity contribution in [3.8, 4) is 0 Å². The molecule has 3 N–H and O–H groups in total. The number of H-pyrrole nitrogens is 1. The minimum Gasteiger partial charge on any atom is -0.342 e. The molecule has 96 valence electrons. The van der Waals surface area contributed by atoms with Crippen molar-refractivity contribution in [3.63, 3.8) is 0 Å². The lowest BCUT2D eigenvalue weighted by molar-refractivity contribution is 0.420. The monoisotopic (exact) mass is 248 g/mol. The third-order valence-electron chi connectivity index (χ3n) is 3.58.